The lowest BCUT2D eigenvalue weighted by Gasteiger charge is -2.28. The molecule has 0 spiro atoms. The summed E-state index contributed by atoms with van der Waals surface area (Å²) < 4.78 is 1.04. The van der Waals surface area contributed by atoms with Crippen molar-refractivity contribution >= 4 is 21.9 Å². The first-order valence-electron chi connectivity index (χ1n) is 5.38. The maximum absolute atomic E-state index is 11.0. The van der Waals surface area contributed by atoms with Crippen molar-refractivity contribution in [2.45, 2.75) is 18.9 Å². The average Bonchev–Trinajstić information content (AvgIpc) is 2.30. The first kappa shape index (κ1) is 11.6. The average molecular weight is 284 g/mol. The van der Waals surface area contributed by atoms with E-state index in [1.165, 1.54) is 0 Å². The second-order valence-electron chi connectivity index (χ2n) is 4.12. The monoisotopic (exact) mass is 283 g/mol. The fourth-order valence-electron chi connectivity index (χ4n) is 2.09. The Labute approximate surface area is 103 Å². The Kier molecular flexibility index (Phi) is 3.61. The normalized spacial score (nSPS) is 25.3. The van der Waals surface area contributed by atoms with Crippen LogP contribution in [-0.4, -0.2) is 17.6 Å². The van der Waals surface area contributed by atoms with E-state index in [4.69, 9.17) is 5.11 Å². The van der Waals surface area contributed by atoms with E-state index in [9.17, 15) is 4.79 Å². The highest BCUT2D eigenvalue weighted by Crippen LogP contribution is 2.28. The Balaban J connectivity index is 2.09. The predicted molar refractivity (Wildman–Crippen MR) is 65.2 cm³/mol. The second-order valence-corrected chi connectivity index (χ2v) is 5.03. The molecule has 4 heteroatoms. The van der Waals surface area contributed by atoms with Gasteiger partial charge in [0, 0.05) is 10.5 Å². The molecule has 1 aliphatic heterocycles. The van der Waals surface area contributed by atoms with E-state index in [-0.39, 0.29) is 12.0 Å². The highest BCUT2D eigenvalue weighted by molar-refractivity contribution is 9.10. The van der Waals surface area contributed by atoms with Crippen LogP contribution in [-0.2, 0) is 4.79 Å². The highest BCUT2D eigenvalue weighted by atomic mass is 79.9. The summed E-state index contributed by atoms with van der Waals surface area (Å²) in [6.45, 7) is 0.775. The van der Waals surface area contributed by atoms with Gasteiger partial charge in [0.15, 0.2) is 0 Å². The van der Waals surface area contributed by atoms with Gasteiger partial charge in [-0.05, 0) is 37.1 Å². The first-order chi connectivity index (χ1) is 7.66. The number of hydrogen-bond acceptors (Lipinski definition) is 2. The van der Waals surface area contributed by atoms with Crippen LogP contribution in [0.1, 0.15) is 24.4 Å². The molecule has 16 heavy (non-hydrogen) atoms. The summed E-state index contributed by atoms with van der Waals surface area (Å²) in [5.74, 6) is -0.890. The van der Waals surface area contributed by atoms with E-state index in [0.29, 0.717) is 6.42 Å². The number of aliphatic carboxylic acids is 1. The van der Waals surface area contributed by atoms with Crippen molar-refractivity contribution in [2.24, 2.45) is 5.92 Å². The summed E-state index contributed by atoms with van der Waals surface area (Å²) in [6, 6.07) is 8.21. The summed E-state index contributed by atoms with van der Waals surface area (Å²) in [6.07, 6.45) is 1.40. The van der Waals surface area contributed by atoms with Gasteiger partial charge >= 0.3 is 5.97 Å². The van der Waals surface area contributed by atoms with Crippen molar-refractivity contribution < 1.29 is 9.90 Å². The molecular weight excluding hydrogens is 270 g/mol. The molecule has 3 nitrogen and oxygen atoms in total. The molecule has 86 valence electrons. The minimum Gasteiger partial charge on any atom is -0.481 e. The summed E-state index contributed by atoms with van der Waals surface area (Å²) >= 11 is 3.39. The number of carboxylic acid groups (broad SMARTS) is 1. The molecule has 0 aliphatic carbocycles. The Hall–Kier alpha value is -0.870. The molecule has 2 atom stereocenters. The van der Waals surface area contributed by atoms with E-state index in [1.807, 2.05) is 24.3 Å². The lowest BCUT2D eigenvalue weighted by molar-refractivity contribution is -0.143. The van der Waals surface area contributed by atoms with Gasteiger partial charge in [-0.15, -0.1) is 0 Å². The fraction of sp³-hybridized carbons (Fsp3) is 0.417. The summed E-state index contributed by atoms with van der Waals surface area (Å²) in [7, 11) is 0. The van der Waals surface area contributed by atoms with Gasteiger partial charge in [-0.3, -0.25) is 4.79 Å². The maximum atomic E-state index is 11.0. The molecule has 1 heterocycles. The molecule has 2 rings (SSSR count). The quantitative estimate of drug-likeness (QED) is 0.877. The number of carbonyl (C=O) groups is 1. The van der Waals surface area contributed by atoms with Gasteiger partial charge < -0.3 is 10.4 Å². The zero-order valence-electron chi connectivity index (χ0n) is 8.82. The molecule has 0 radical (unpaired) electrons. The topological polar surface area (TPSA) is 49.3 Å². The minimum absolute atomic E-state index is 0.169. The highest BCUT2D eigenvalue weighted by Gasteiger charge is 2.27. The van der Waals surface area contributed by atoms with Gasteiger partial charge in [-0.25, -0.2) is 0 Å². The van der Waals surface area contributed by atoms with Crippen LogP contribution in [0.3, 0.4) is 0 Å². The van der Waals surface area contributed by atoms with Crippen LogP contribution in [0, 0.1) is 5.92 Å². The molecule has 0 amide bonds. The van der Waals surface area contributed by atoms with Gasteiger partial charge in [0.2, 0.25) is 0 Å². The number of halogens is 1. The van der Waals surface area contributed by atoms with Gasteiger partial charge in [0.05, 0.1) is 5.92 Å². The van der Waals surface area contributed by atoms with Gasteiger partial charge in [0.1, 0.15) is 0 Å². The maximum Gasteiger partial charge on any atom is 0.306 e. The molecule has 0 bridgehead atoms. The van der Waals surface area contributed by atoms with E-state index in [2.05, 4.69) is 21.2 Å². The zero-order valence-corrected chi connectivity index (χ0v) is 10.4. The second kappa shape index (κ2) is 4.97. The van der Waals surface area contributed by atoms with Gasteiger partial charge in [-0.1, -0.05) is 28.1 Å². The van der Waals surface area contributed by atoms with Crippen molar-refractivity contribution in [1.82, 2.24) is 5.32 Å². The lowest BCUT2D eigenvalue weighted by Crippen LogP contribution is -2.34. The molecule has 0 saturated carbocycles. The summed E-state index contributed by atoms with van der Waals surface area (Å²) in [5.41, 5.74) is 1.16. The van der Waals surface area contributed by atoms with E-state index in [0.717, 1.165) is 23.0 Å². The summed E-state index contributed by atoms with van der Waals surface area (Å²) in [5, 5.41) is 12.4. The Bertz CT molecular complexity index is 377. The molecule has 1 aromatic carbocycles. The van der Waals surface area contributed by atoms with Gasteiger partial charge in [0.25, 0.3) is 0 Å². The Morgan fingerprint density at radius 2 is 2.06 bits per heavy atom. The largest absolute Gasteiger partial charge is 0.481 e. The lowest BCUT2D eigenvalue weighted by atomic mass is 9.89. The minimum atomic E-state index is -0.677. The Morgan fingerprint density at radius 1 is 1.38 bits per heavy atom. The molecular formula is C12H14BrNO2. The van der Waals surface area contributed by atoms with Crippen molar-refractivity contribution in [1.29, 1.82) is 0 Å². The van der Waals surface area contributed by atoms with Crippen LogP contribution < -0.4 is 5.32 Å². The van der Waals surface area contributed by atoms with Crippen LogP contribution in [0.15, 0.2) is 28.7 Å². The first-order valence-corrected chi connectivity index (χ1v) is 6.18. The Morgan fingerprint density at radius 3 is 2.69 bits per heavy atom. The van der Waals surface area contributed by atoms with Crippen LogP contribution in [0.25, 0.3) is 0 Å². The van der Waals surface area contributed by atoms with Gasteiger partial charge in [-0.2, -0.15) is 0 Å². The van der Waals surface area contributed by atoms with E-state index >= 15 is 0 Å². The van der Waals surface area contributed by atoms with Crippen molar-refractivity contribution in [2.75, 3.05) is 6.54 Å². The molecule has 1 aliphatic rings. The molecule has 1 saturated heterocycles. The van der Waals surface area contributed by atoms with Crippen LogP contribution >= 0.6 is 15.9 Å². The summed E-state index contributed by atoms with van der Waals surface area (Å²) in [4.78, 5) is 11.0. The number of nitrogens with one attached hydrogen (secondary N) is 1. The molecule has 0 aromatic heterocycles. The van der Waals surface area contributed by atoms with Crippen molar-refractivity contribution in [3.8, 4) is 0 Å². The third kappa shape index (κ3) is 2.62. The number of piperidine rings is 1. The number of hydrogen-bond donors (Lipinski definition) is 2. The van der Waals surface area contributed by atoms with Crippen LogP contribution in [0.5, 0.6) is 0 Å². The molecule has 2 N–H and O–H groups in total. The van der Waals surface area contributed by atoms with E-state index < -0.39 is 5.97 Å². The molecule has 1 fully saturated rings. The number of benzene rings is 1. The third-order valence-corrected chi connectivity index (χ3v) is 3.55. The van der Waals surface area contributed by atoms with Crippen LogP contribution in [0.4, 0.5) is 0 Å². The smallest absolute Gasteiger partial charge is 0.306 e. The fourth-order valence-corrected chi connectivity index (χ4v) is 2.36. The van der Waals surface area contributed by atoms with Crippen LogP contribution in [0.2, 0.25) is 0 Å². The third-order valence-electron chi connectivity index (χ3n) is 3.03. The van der Waals surface area contributed by atoms with E-state index in [1.54, 1.807) is 0 Å². The zero-order chi connectivity index (χ0) is 11.5. The van der Waals surface area contributed by atoms with Crippen molar-refractivity contribution in [3.05, 3.63) is 34.3 Å². The SMILES string of the molecule is O=C(O)C1CCNC(c2ccc(Br)cc2)C1. The standard InChI is InChI=1S/C12H14BrNO2/c13-10-3-1-8(2-4-10)11-7-9(12(15)16)5-6-14-11/h1-4,9,11,14H,5-7H2,(H,15,16). The number of carboxylic acids is 1. The molecule has 2 unspecified atom stereocenters. The predicted octanol–water partition coefficient (Wildman–Crippen LogP) is 2.57. The van der Waals surface area contributed by atoms with Crippen molar-refractivity contribution in [3.63, 3.8) is 0 Å². The number of rotatable bonds is 2. The molecule has 1 aromatic rings.